The van der Waals surface area contributed by atoms with E-state index in [1.807, 2.05) is 0 Å². The van der Waals surface area contributed by atoms with Gasteiger partial charge in [0.1, 0.15) is 6.61 Å². The van der Waals surface area contributed by atoms with Crippen LogP contribution in [0.1, 0.15) is 24.2 Å². The minimum absolute atomic E-state index is 0.121. The Labute approximate surface area is 146 Å². The number of ether oxygens (including phenoxy) is 3. The smallest absolute Gasteiger partial charge is 0.338 e. The van der Waals surface area contributed by atoms with Crippen molar-refractivity contribution >= 4 is 17.9 Å². The minimum Gasteiger partial charge on any atom is -0.493 e. The van der Waals surface area contributed by atoms with Crippen molar-refractivity contribution in [2.45, 2.75) is 19.9 Å². The van der Waals surface area contributed by atoms with Crippen LogP contribution in [0.4, 0.5) is 4.79 Å². The minimum atomic E-state index is -0.732. The van der Waals surface area contributed by atoms with Crippen LogP contribution in [-0.4, -0.2) is 44.3 Å². The van der Waals surface area contributed by atoms with E-state index in [1.54, 1.807) is 26.0 Å². The number of urea groups is 1. The van der Waals surface area contributed by atoms with E-state index in [0.29, 0.717) is 18.1 Å². The number of esters is 1. The quantitative estimate of drug-likeness (QED) is 0.546. The summed E-state index contributed by atoms with van der Waals surface area (Å²) in [5.41, 5.74) is 0.183. The van der Waals surface area contributed by atoms with Crippen molar-refractivity contribution in [3.63, 3.8) is 0 Å². The molecular weight excluding hydrogens is 328 g/mol. The molecule has 136 valence electrons. The van der Waals surface area contributed by atoms with Crippen LogP contribution in [0.25, 0.3) is 0 Å². The zero-order valence-corrected chi connectivity index (χ0v) is 14.5. The molecule has 0 fully saturated rings. The first-order chi connectivity index (χ1) is 11.9. The fourth-order valence-corrected chi connectivity index (χ4v) is 1.74. The van der Waals surface area contributed by atoms with Crippen molar-refractivity contribution in [3.8, 4) is 11.5 Å². The van der Waals surface area contributed by atoms with E-state index in [0.717, 1.165) is 0 Å². The molecule has 0 aliphatic rings. The van der Waals surface area contributed by atoms with Crippen molar-refractivity contribution in [1.82, 2.24) is 10.6 Å². The zero-order chi connectivity index (χ0) is 18.8. The Balaban J connectivity index is 2.61. The van der Waals surface area contributed by atoms with Gasteiger partial charge < -0.3 is 19.5 Å². The number of carbonyl (C=O) groups is 3. The number of nitrogens with one attached hydrogen (secondary N) is 2. The van der Waals surface area contributed by atoms with E-state index < -0.39 is 24.5 Å². The van der Waals surface area contributed by atoms with Crippen LogP contribution in [0, 0.1) is 0 Å². The third-order valence-corrected chi connectivity index (χ3v) is 2.76. The number of hydrogen-bond donors (Lipinski definition) is 2. The molecule has 0 aromatic heterocycles. The molecule has 1 aromatic carbocycles. The predicted octanol–water partition coefficient (Wildman–Crippen LogP) is 1.65. The molecule has 0 aliphatic heterocycles. The number of benzene rings is 1. The first-order valence-electron chi connectivity index (χ1n) is 7.56. The Morgan fingerprint density at radius 3 is 2.56 bits per heavy atom. The second-order valence-electron chi connectivity index (χ2n) is 5.22. The Kier molecular flexibility index (Phi) is 7.98. The monoisotopic (exact) mass is 350 g/mol. The molecule has 1 aromatic rings. The highest BCUT2D eigenvalue weighted by molar-refractivity contribution is 5.97. The number of methoxy groups -OCH3 is 1. The lowest BCUT2D eigenvalue weighted by Gasteiger charge is -2.11. The molecule has 0 atom stereocenters. The summed E-state index contributed by atoms with van der Waals surface area (Å²) in [6, 6.07) is 3.69. The normalized spacial score (nSPS) is 9.92. The molecule has 8 heteroatoms. The predicted molar refractivity (Wildman–Crippen MR) is 90.8 cm³/mol. The van der Waals surface area contributed by atoms with Crippen LogP contribution in [0.2, 0.25) is 0 Å². The molecule has 0 radical (unpaired) electrons. The summed E-state index contributed by atoms with van der Waals surface area (Å²) in [5.74, 6) is -0.670. The SMILES string of the molecule is C=CCOc1ccc(C(=O)OCC(=O)NC(=O)NC(C)C)cc1OC. The third kappa shape index (κ3) is 6.94. The summed E-state index contributed by atoms with van der Waals surface area (Å²) in [7, 11) is 1.44. The fourth-order valence-electron chi connectivity index (χ4n) is 1.74. The molecular formula is C17H22N2O6. The lowest BCUT2D eigenvalue weighted by Crippen LogP contribution is -2.44. The molecule has 0 saturated carbocycles. The maximum Gasteiger partial charge on any atom is 0.338 e. The van der Waals surface area contributed by atoms with Crippen molar-refractivity contribution in [3.05, 3.63) is 36.4 Å². The largest absolute Gasteiger partial charge is 0.493 e. The molecule has 2 N–H and O–H groups in total. The van der Waals surface area contributed by atoms with Gasteiger partial charge in [0.05, 0.1) is 12.7 Å². The molecule has 8 nitrogen and oxygen atoms in total. The first-order valence-corrected chi connectivity index (χ1v) is 7.56. The molecule has 0 saturated heterocycles. The highest BCUT2D eigenvalue weighted by atomic mass is 16.5. The summed E-state index contributed by atoms with van der Waals surface area (Å²) in [6.07, 6.45) is 1.58. The van der Waals surface area contributed by atoms with Crippen LogP contribution in [0.5, 0.6) is 11.5 Å². The van der Waals surface area contributed by atoms with Crippen LogP contribution in [0.15, 0.2) is 30.9 Å². The summed E-state index contributed by atoms with van der Waals surface area (Å²) in [6.45, 7) is 6.76. The Hall–Kier alpha value is -3.03. The maximum atomic E-state index is 12.0. The lowest BCUT2D eigenvalue weighted by atomic mass is 10.2. The van der Waals surface area contributed by atoms with Crippen LogP contribution in [-0.2, 0) is 9.53 Å². The Morgan fingerprint density at radius 2 is 1.96 bits per heavy atom. The van der Waals surface area contributed by atoms with Gasteiger partial charge in [0.2, 0.25) is 0 Å². The Morgan fingerprint density at radius 1 is 1.24 bits per heavy atom. The number of rotatable bonds is 8. The van der Waals surface area contributed by atoms with Gasteiger partial charge in [0.15, 0.2) is 18.1 Å². The fraction of sp³-hybridized carbons (Fsp3) is 0.353. The van der Waals surface area contributed by atoms with Gasteiger partial charge >= 0.3 is 12.0 Å². The molecule has 0 spiro atoms. The molecule has 3 amide bonds. The zero-order valence-electron chi connectivity index (χ0n) is 14.5. The molecule has 25 heavy (non-hydrogen) atoms. The van der Waals surface area contributed by atoms with Crippen molar-refractivity contribution < 1.29 is 28.6 Å². The maximum absolute atomic E-state index is 12.0. The second kappa shape index (κ2) is 9.96. The molecule has 0 bridgehead atoms. The molecule has 1 rings (SSSR count). The van der Waals surface area contributed by atoms with Gasteiger partial charge in [-0.15, -0.1) is 0 Å². The molecule has 0 unspecified atom stereocenters. The average Bonchev–Trinajstić information content (AvgIpc) is 2.56. The molecule has 0 aliphatic carbocycles. The van der Waals surface area contributed by atoms with Gasteiger partial charge in [-0.05, 0) is 32.0 Å². The van der Waals surface area contributed by atoms with E-state index in [2.05, 4.69) is 17.2 Å². The number of hydrogen-bond acceptors (Lipinski definition) is 6. The summed E-state index contributed by atoms with van der Waals surface area (Å²) in [4.78, 5) is 34.9. The highest BCUT2D eigenvalue weighted by Crippen LogP contribution is 2.28. The third-order valence-electron chi connectivity index (χ3n) is 2.76. The topological polar surface area (TPSA) is 103 Å². The van der Waals surface area contributed by atoms with Crippen LogP contribution >= 0.6 is 0 Å². The van der Waals surface area contributed by atoms with E-state index in [-0.39, 0.29) is 11.6 Å². The van der Waals surface area contributed by atoms with Crippen LogP contribution in [0.3, 0.4) is 0 Å². The second-order valence-corrected chi connectivity index (χ2v) is 5.22. The van der Waals surface area contributed by atoms with E-state index in [1.165, 1.54) is 19.2 Å². The number of amides is 3. The summed E-state index contributed by atoms with van der Waals surface area (Å²) in [5, 5.41) is 4.53. The Bertz CT molecular complexity index is 642. The van der Waals surface area contributed by atoms with Gasteiger partial charge in [-0.3, -0.25) is 10.1 Å². The van der Waals surface area contributed by atoms with Gasteiger partial charge in [0, 0.05) is 6.04 Å². The molecule has 0 heterocycles. The van der Waals surface area contributed by atoms with E-state index in [9.17, 15) is 14.4 Å². The lowest BCUT2D eigenvalue weighted by molar-refractivity contribution is -0.123. The first kappa shape index (κ1) is 20.0. The van der Waals surface area contributed by atoms with E-state index in [4.69, 9.17) is 14.2 Å². The summed E-state index contributed by atoms with van der Waals surface area (Å²) >= 11 is 0. The standard InChI is InChI=1S/C17H22N2O6/c1-5-8-24-13-7-6-12(9-14(13)23-4)16(21)25-10-15(20)19-17(22)18-11(2)3/h5-7,9,11H,1,8,10H2,2-4H3,(H2,18,19,20,22). The summed E-state index contributed by atoms with van der Waals surface area (Å²) < 4.78 is 15.4. The van der Waals surface area contributed by atoms with E-state index >= 15 is 0 Å². The number of imide groups is 1. The van der Waals surface area contributed by atoms with Gasteiger partial charge in [-0.1, -0.05) is 12.7 Å². The number of carbonyl (C=O) groups excluding carboxylic acids is 3. The highest BCUT2D eigenvalue weighted by Gasteiger charge is 2.15. The van der Waals surface area contributed by atoms with Crippen molar-refractivity contribution in [2.24, 2.45) is 0 Å². The van der Waals surface area contributed by atoms with Crippen molar-refractivity contribution in [1.29, 1.82) is 0 Å². The van der Waals surface area contributed by atoms with Crippen LogP contribution < -0.4 is 20.1 Å². The van der Waals surface area contributed by atoms with Gasteiger partial charge in [-0.2, -0.15) is 0 Å². The average molecular weight is 350 g/mol. The van der Waals surface area contributed by atoms with Gasteiger partial charge in [-0.25, -0.2) is 9.59 Å². The van der Waals surface area contributed by atoms with Gasteiger partial charge in [0.25, 0.3) is 5.91 Å². The van der Waals surface area contributed by atoms with Crippen molar-refractivity contribution in [2.75, 3.05) is 20.3 Å².